The third-order valence-electron chi connectivity index (χ3n) is 2.59. The average molecular weight is 356 g/mol. The van der Waals surface area contributed by atoms with E-state index in [9.17, 15) is 4.79 Å². The number of anilines is 1. The number of hydrogen-bond acceptors (Lipinski definition) is 3. The maximum absolute atomic E-state index is 11.9. The summed E-state index contributed by atoms with van der Waals surface area (Å²) < 4.78 is 2.61. The highest BCUT2D eigenvalue weighted by Gasteiger charge is 2.08. The standard InChI is InChI=1S/C12H13IN4O/c1-17-11(14)9(7-16-17)6-15-12(18)8-3-2-4-10(13)5-8/h2-5,7H,6,14H2,1H3,(H,15,18). The average Bonchev–Trinajstić information content (AvgIpc) is 2.67. The molecule has 0 aliphatic carbocycles. The topological polar surface area (TPSA) is 72.9 Å². The number of amides is 1. The minimum Gasteiger partial charge on any atom is -0.384 e. The highest BCUT2D eigenvalue weighted by Crippen LogP contribution is 2.10. The van der Waals surface area contributed by atoms with Crippen molar-refractivity contribution in [2.45, 2.75) is 6.54 Å². The molecule has 0 bridgehead atoms. The molecule has 1 aromatic carbocycles. The van der Waals surface area contributed by atoms with E-state index in [0.717, 1.165) is 9.13 Å². The van der Waals surface area contributed by atoms with Gasteiger partial charge in [-0.05, 0) is 40.8 Å². The van der Waals surface area contributed by atoms with E-state index in [1.165, 1.54) is 0 Å². The molecule has 2 rings (SSSR count). The van der Waals surface area contributed by atoms with Crippen molar-refractivity contribution < 1.29 is 4.79 Å². The van der Waals surface area contributed by atoms with Gasteiger partial charge in [0.1, 0.15) is 5.82 Å². The SMILES string of the molecule is Cn1ncc(CNC(=O)c2cccc(I)c2)c1N. The van der Waals surface area contributed by atoms with Crippen LogP contribution in [-0.4, -0.2) is 15.7 Å². The predicted molar refractivity (Wildman–Crippen MR) is 77.9 cm³/mol. The Kier molecular flexibility index (Phi) is 3.85. The number of aryl methyl sites for hydroxylation is 1. The van der Waals surface area contributed by atoms with Crippen LogP contribution < -0.4 is 11.1 Å². The molecule has 1 heterocycles. The van der Waals surface area contributed by atoms with Gasteiger partial charge in [0.05, 0.1) is 6.20 Å². The van der Waals surface area contributed by atoms with E-state index in [4.69, 9.17) is 5.73 Å². The lowest BCUT2D eigenvalue weighted by Gasteiger charge is -2.05. The molecule has 1 amide bonds. The quantitative estimate of drug-likeness (QED) is 0.820. The van der Waals surface area contributed by atoms with Crippen LogP contribution in [0.15, 0.2) is 30.5 Å². The van der Waals surface area contributed by atoms with Gasteiger partial charge in [-0.1, -0.05) is 6.07 Å². The minimum atomic E-state index is -0.114. The third-order valence-corrected chi connectivity index (χ3v) is 3.26. The summed E-state index contributed by atoms with van der Waals surface area (Å²) in [7, 11) is 1.76. The predicted octanol–water partition coefficient (Wildman–Crippen LogP) is 1.54. The van der Waals surface area contributed by atoms with Gasteiger partial charge >= 0.3 is 0 Å². The Morgan fingerprint density at radius 3 is 2.94 bits per heavy atom. The van der Waals surface area contributed by atoms with E-state index in [1.807, 2.05) is 18.2 Å². The zero-order valence-corrected chi connectivity index (χ0v) is 12.0. The fourth-order valence-electron chi connectivity index (χ4n) is 1.54. The van der Waals surface area contributed by atoms with Crippen LogP contribution in [0.1, 0.15) is 15.9 Å². The number of nitrogens with one attached hydrogen (secondary N) is 1. The van der Waals surface area contributed by atoms with Crippen molar-refractivity contribution in [1.82, 2.24) is 15.1 Å². The summed E-state index contributed by atoms with van der Waals surface area (Å²) in [6.45, 7) is 0.379. The van der Waals surface area contributed by atoms with Crippen LogP contribution in [0.4, 0.5) is 5.82 Å². The number of nitrogens with two attached hydrogens (primary N) is 1. The first kappa shape index (κ1) is 12.9. The number of aromatic nitrogens is 2. The summed E-state index contributed by atoms with van der Waals surface area (Å²) in [6.07, 6.45) is 1.66. The lowest BCUT2D eigenvalue weighted by atomic mass is 10.2. The summed E-state index contributed by atoms with van der Waals surface area (Å²) in [4.78, 5) is 11.9. The maximum Gasteiger partial charge on any atom is 0.251 e. The molecule has 0 spiro atoms. The van der Waals surface area contributed by atoms with E-state index in [-0.39, 0.29) is 5.91 Å². The second-order valence-corrected chi connectivity index (χ2v) is 5.12. The van der Waals surface area contributed by atoms with Crippen molar-refractivity contribution in [2.24, 2.45) is 7.05 Å². The highest BCUT2D eigenvalue weighted by molar-refractivity contribution is 14.1. The molecular weight excluding hydrogens is 343 g/mol. The molecule has 0 saturated carbocycles. The number of carbonyl (C=O) groups excluding carboxylic acids is 1. The van der Waals surface area contributed by atoms with E-state index in [1.54, 1.807) is 24.0 Å². The van der Waals surface area contributed by atoms with Gasteiger partial charge in [-0.2, -0.15) is 5.10 Å². The molecule has 0 fully saturated rings. The van der Waals surface area contributed by atoms with Crippen molar-refractivity contribution in [3.05, 3.63) is 45.2 Å². The van der Waals surface area contributed by atoms with Gasteiger partial charge < -0.3 is 11.1 Å². The first-order valence-electron chi connectivity index (χ1n) is 5.38. The fourth-order valence-corrected chi connectivity index (χ4v) is 2.08. The number of hydrogen-bond donors (Lipinski definition) is 2. The Hall–Kier alpha value is -1.57. The zero-order valence-electron chi connectivity index (χ0n) is 9.85. The summed E-state index contributed by atoms with van der Waals surface area (Å²) in [5.41, 5.74) is 7.26. The van der Waals surface area contributed by atoms with Crippen molar-refractivity contribution in [1.29, 1.82) is 0 Å². The number of nitrogen functional groups attached to an aromatic ring is 1. The summed E-state index contributed by atoms with van der Waals surface area (Å²) in [6, 6.07) is 7.41. The summed E-state index contributed by atoms with van der Waals surface area (Å²) in [5.74, 6) is 0.453. The number of benzene rings is 1. The van der Waals surface area contributed by atoms with Gasteiger partial charge in [0.25, 0.3) is 5.91 Å². The van der Waals surface area contributed by atoms with Crippen LogP contribution in [0.2, 0.25) is 0 Å². The molecule has 94 valence electrons. The van der Waals surface area contributed by atoms with Crippen LogP contribution in [0.3, 0.4) is 0 Å². The van der Waals surface area contributed by atoms with E-state index < -0.39 is 0 Å². The second-order valence-electron chi connectivity index (χ2n) is 3.87. The van der Waals surface area contributed by atoms with E-state index in [2.05, 4.69) is 33.0 Å². The lowest BCUT2D eigenvalue weighted by Crippen LogP contribution is -2.23. The molecule has 0 aliphatic heterocycles. The van der Waals surface area contributed by atoms with Crippen LogP contribution >= 0.6 is 22.6 Å². The molecule has 0 atom stereocenters. The normalized spacial score (nSPS) is 10.3. The molecule has 6 heteroatoms. The molecule has 2 aromatic rings. The second kappa shape index (κ2) is 5.38. The van der Waals surface area contributed by atoms with Crippen molar-refractivity contribution in [3.63, 3.8) is 0 Å². The molecule has 0 unspecified atom stereocenters. The molecule has 0 saturated heterocycles. The number of halogens is 1. The Morgan fingerprint density at radius 1 is 1.56 bits per heavy atom. The molecule has 0 aliphatic rings. The molecule has 5 nitrogen and oxygen atoms in total. The lowest BCUT2D eigenvalue weighted by molar-refractivity contribution is 0.0951. The van der Waals surface area contributed by atoms with Gasteiger partial charge in [0, 0.05) is 28.3 Å². The van der Waals surface area contributed by atoms with Gasteiger partial charge in [0.2, 0.25) is 0 Å². The highest BCUT2D eigenvalue weighted by atomic mass is 127. The first-order valence-corrected chi connectivity index (χ1v) is 6.46. The molecule has 0 radical (unpaired) electrons. The number of nitrogens with zero attached hydrogens (tertiary/aromatic N) is 2. The first-order chi connectivity index (χ1) is 8.58. The Morgan fingerprint density at radius 2 is 2.33 bits per heavy atom. The Labute approximate surface area is 119 Å². The largest absolute Gasteiger partial charge is 0.384 e. The monoisotopic (exact) mass is 356 g/mol. The van der Waals surface area contributed by atoms with Crippen LogP contribution in [0, 0.1) is 3.57 Å². The number of rotatable bonds is 3. The van der Waals surface area contributed by atoms with Crippen molar-refractivity contribution >= 4 is 34.3 Å². The van der Waals surface area contributed by atoms with E-state index in [0.29, 0.717) is 17.9 Å². The third kappa shape index (κ3) is 2.81. The van der Waals surface area contributed by atoms with Crippen molar-refractivity contribution in [2.75, 3.05) is 5.73 Å². The minimum absolute atomic E-state index is 0.114. The number of carbonyl (C=O) groups is 1. The fraction of sp³-hybridized carbons (Fsp3) is 0.167. The van der Waals surface area contributed by atoms with Crippen molar-refractivity contribution in [3.8, 4) is 0 Å². The molecule has 18 heavy (non-hydrogen) atoms. The maximum atomic E-state index is 11.9. The van der Waals surface area contributed by atoms with Gasteiger partial charge in [-0.3, -0.25) is 9.48 Å². The molecular formula is C12H13IN4O. The smallest absolute Gasteiger partial charge is 0.251 e. The van der Waals surface area contributed by atoms with Gasteiger partial charge in [0.15, 0.2) is 0 Å². The Balaban J connectivity index is 2.03. The molecule has 1 aromatic heterocycles. The summed E-state index contributed by atoms with van der Waals surface area (Å²) in [5, 5.41) is 6.84. The van der Waals surface area contributed by atoms with Crippen LogP contribution in [0.25, 0.3) is 0 Å². The van der Waals surface area contributed by atoms with Gasteiger partial charge in [-0.15, -0.1) is 0 Å². The molecule has 3 N–H and O–H groups in total. The van der Waals surface area contributed by atoms with E-state index >= 15 is 0 Å². The Bertz CT molecular complexity index is 579. The summed E-state index contributed by atoms with van der Waals surface area (Å²) >= 11 is 2.17. The van der Waals surface area contributed by atoms with Crippen LogP contribution in [-0.2, 0) is 13.6 Å². The van der Waals surface area contributed by atoms with Gasteiger partial charge in [-0.25, -0.2) is 0 Å². The zero-order chi connectivity index (χ0) is 13.1. The van der Waals surface area contributed by atoms with Crippen LogP contribution in [0.5, 0.6) is 0 Å².